The van der Waals surface area contributed by atoms with E-state index in [4.69, 9.17) is 14.2 Å². The summed E-state index contributed by atoms with van der Waals surface area (Å²) >= 11 is 0. The van der Waals surface area contributed by atoms with Gasteiger partial charge in [-0.2, -0.15) is 0 Å². The van der Waals surface area contributed by atoms with E-state index in [1.807, 2.05) is 0 Å². The third kappa shape index (κ3) is 57.1. The summed E-state index contributed by atoms with van der Waals surface area (Å²) in [6.45, 7) is 6.71. The number of unbranched alkanes of at least 4 members (excludes halogenated alkanes) is 46. The van der Waals surface area contributed by atoms with E-state index in [1.54, 1.807) is 0 Å². The van der Waals surface area contributed by atoms with Crippen molar-refractivity contribution in [3.8, 4) is 0 Å². The highest BCUT2D eigenvalue weighted by Gasteiger charge is 2.19. The van der Waals surface area contributed by atoms with E-state index < -0.39 is 6.10 Å². The van der Waals surface area contributed by atoms with E-state index in [1.165, 1.54) is 263 Å². The average molecular weight is 988 g/mol. The highest BCUT2D eigenvalue weighted by Crippen LogP contribution is 2.18. The summed E-state index contributed by atoms with van der Waals surface area (Å²) in [6, 6.07) is 0. The molecule has 1 atom stereocenters. The van der Waals surface area contributed by atoms with Gasteiger partial charge >= 0.3 is 17.9 Å². The van der Waals surface area contributed by atoms with Crippen LogP contribution < -0.4 is 0 Å². The Kier molecular flexibility index (Phi) is 58.1. The van der Waals surface area contributed by atoms with Gasteiger partial charge in [-0.25, -0.2) is 0 Å². The molecule has 414 valence electrons. The van der Waals surface area contributed by atoms with E-state index in [0.29, 0.717) is 19.3 Å². The number of carbonyl (C=O) groups is 3. The zero-order valence-electron chi connectivity index (χ0n) is 47.6. The maximum absolute atomic E-state index is 12.9. The molecule has 0 aromatic heterocycles. The molecule has 0 rings (SSSR count). The van der Waals surface area contributed by atoms with Crippen molar-refractivity contribution in [1.82, 2.24) is 0 Å². The molecule has 0 N–H and O–H groups in total. The Balaban J connectivity index is 4.30. The zero-order valence-corrected chi connectivity index (χ0v) is 47.6. The second-order valence-corrected chi connectivity index (χ2v) is 21.7. The van der Waals surface area contributed by atoms with Crippen LogP contribution in [0.2, 0.25) is 0 Å². The maximum Gasteiger partial charge on any atom is 0.306 e. The monoisotopic (exact) mass is 987 g/mol. The second-order valence-electron chi connectivity index (χ2n) is 21.7. The Morgan fingerprint density at radius 1 is 0.271 bits per heavy atom. The molecule has 0 fully saturated rings. The zero-order chi connectivity index (χ0) is 50.7. The van der Waals surface area contributed by atoms with Crippen LogP contribution in [0.4, 0.5) is 0 Å². The fourth-order valence-corrected chi connectivity index (χ4v) is 9.74. The molecule has 0 aliphatic rings. The van der Waals surface area contributed by atoms with Crippen LogP contribution in [0, 0.1) is 0 Å². The van der Waals surface area contributed by atoms with Gasteiger partial charge in [-0.3, -0.25) is 14.4 Å². The van der Waals surface area contributed by atoms with Gasteiger partial charge in [-0.15, -0.1) is 0 Å². The first-order chi connectivity index (χ1) is 34.5. The van der Waals surface area contributed by atoms with E-state index in [0.717, 1.165) is 57.8 Å². The fraction of sp³-hybridized carbons (Fsp3) is 0.922. The number of carbonyl (C=O) groups excluding carboxylic acids is 3. The molecular formula is C64H122O6. The number of rotatable bonds is 59. The van der Waals surface area contributed by atoms with Gasteiger partial charge in [0.25, 0.3) is 0 Å². The molecule has 0 aromatic rings. The van der Waals surface area contributed by atoms with Crippen LogP contribution in [-0.2, 0) is 28.6 Å². The van der Waals surface area contributed by atoms with Crippen LogP contribution in [-0.4, -0.2) is 37.2 Å². The van der Waals surface area contributed by atoms with Crippen molar-refractivity contribution in [3.63, 3.8) is 0 Å². The van der Waals surface area contributed by atoms with Crippen molar-refractivity contribution in [2.24, 2.45) is 0 Å². The fourth-order valence-electron chi connectivity index (χ4n) is 9.74. The number of esters is 3. The lowest BCUT2D eigenvalue weighted by atomic mass is 10.0. The predicted octanol–water partition coefficient (Wildman–Crippen LogP) is 21.3. The highest BCUT2D eigenvalue weighted by molar-refractivity contribution is 5.71. The van der Waals surface area contributed by atoms with Gasteiger partial charge in [-0.1, -0.05) is 309 Å². The molecule has 0 heterocycles. The Bertz CT molecular complexity index is 1090. The van der Waals surface area contributed by atoms with Gasteiger partial charge in [0.2, 0.25) is 0 Å². The summed E-state index contributed by atoms with van der Waals surface area (Å²) < 4.78 is 16.9. The van der Waals surface area contributed by atoms with E-state index >= 15 is 0 Å². The summed E-state index contributed by atoms with van der Waals surface area (Å²) in [5, 5.41) is 0. The van der Waals surface area contributed by atoms with Gasteiger partial charge in [0, 0.05) is 19.3 Å². The van der Waals surface area contributed by atoms with Crippen LogP contribution in [0.1, 0.15) is 361 Å². The van der Waals surface area contributed by atoms with Crippen molar-refractivity contribution < 1.29 is 28.6 Å². The summed E-state index contributed by atoms with van der Waals surface area (Å²) in [4.78, 5) is 38.3. The lowest BCUT2D eigenvalue weighted by molar-refractivity contribution is -0.167. The largest absolute Gasteiger partial charge is 0.462 e. The summed E-state index contributed by atoms with van der Waals surface area (Å²) in [6.07, 6.45) is 69.2. The van der Waals surface area contributed by atoms with Crippen LogP contribution in [0.15, 0.2) is 12.2 Å². The molecule has 0 radical (unpaired) electrons. The Morgan fingerprint density at radius 3 is 0.714 bits per heavy atom. The SMILES string of the molecule is CCCCCCCC/C=C/CCCCCCCCCC(=O)O[C@H](COC(=O)CCCCCCCCCCCCCCCCCC)COC(=O)CCCCCCCCCCCCCCCCCCCCC. The standard InChI is InChI=1S/C64H122O6/c1-4-7-10-13-16-19-22-25-28-31-32-34-36-39-42-45-48-51-54-57-63(66)69-60-61(59-68-62(65)56-53-50-47-44-41-38-35-30-27-24-21-18-15-12-9-6-3)70-64(67)58-55-52-49-46-43-40-37-33-29-26-23-20-17-14-11-8-5-2/h26,29,61H,4-25,27-28,30-60H2,1-3H3/b29-26+/t61-/m1/s1. The highest BCUT2D eigenvalue weighted by atomic mass is 16.6. The first-order valence-electron chi connectivity index (χ1n) is 31.7. The van der Waals surface area contributed by atoms with Crippen molar-refractivity contribution in [2.45, 2.75) is 367 Å². The smallest absolute Gasteiger partial charge is 0.306 e. The molecule has 0 aliphatic carbocycles. The molecule has 6 heteroatoms. The van der Waals surface area contributed by atoms with Crippen molar-refractivity contribution in [2.75, 3.05) is 13.2 Å². The molecule has 0 unspecified atom stereocenters. The first-order valence-corrected chi connectivity index (χ1v) is 31.7. The minimum absolute atomic E-state index is 0.0652. The average Bonchev–Trinajstić information content (AvgIpc) is 3.36. The topological polar surface area (TPSA) is 78.9 Å². The Morgan fingerprint density at radius 2 is 0.471 bits per heavy atom. The number of hydrogen-bond acceptors (Lipinski definition) is 6. The van der Waals surface area contributed by atoms with Crippen LogP contribution in [0.3, 0.4) is 0 Å². The third-order valence-corrected chi connectivity index (χ3v) is 14.5. The van der Waals surface area contributed by atoms with E-state index in [2.05, 4.69) is 32.9 Å². The van der Waals surface area contributed by atoms with Gasteiger partial charge in [0.15, 0.2) is 6.10 Å². The van der Waals surface area contributed by atoms with E-state index in [-0.39, 0.29) is 31.1 Å². The minimum Gasteiger partial charge on any atom is -0.462 e. The van der Waals surface area contributed by atoms with Crippen molar-refractivity contribution in [3.05, 3.63) is 12.2 Å². The van der Waals surface area contributed by atoms with Crippen molar-refractivity contribution >= 4 is 17.9 Å². The first kappa shape index (κ1) is 68.2. The van der Waals surface area contributed by atoms with Gasteiger partial charge in [-0.05, 0) is 44.9 Å². The third-order valence-electron chi connectivity index (χ3n) is 14.5. The van der Waals surface area contributed by atoms with Crippen LogP contribution in [0.25, 0.3) is 0 Å². The summed E-state index contributed by atoms with van der Waals surface area (Å²) in [7, 11) is 0. The molecule has 6 nitrogen and oxygen atoms in total. The van der Waals surface area contributed by atoms with Crippen LogP contribution in [0.5, 0.6) is 0 Å². The molecule has 0 saturated carbocycles. The second kappa shape index (κ2) is 59.7. The number of ether oxygens (including phenoxy) is 3. The molecule has 0 amide bonds. The van der Waals surface area contributed by atoms with E-state index in [9.17, 15) is 14.4 Å². The van der Waals surface area contributed by atoms with Gasteiger partial charge in [0.1, 0.15) is 13.2 Å². The molecule has 0 bridgehead atoms. The summed E-state index contributed by atoms with van der Waals surface area (Å²) in [5.74, 6) is -0.839. The maximum atomic E-state index is 12.9. The molecule has 0 spiro atoms. The lowest BCUT2D eigenvalue weighted by Gasteiger charge is -2.18. The molecule has 70 heavy (non-hydrogen) atoms. The van der Waals surface area contributed by atoms with Gasteiger partial charge in [0.05, 0.1) is 0 Å². The molecular weight excluding hydrogens is 865 g/mol. The number of hydrogen-bond donors (Lipinski definition) is 0. The molecule has 0 aliphatic heterocycles. The molecule has 0 saturated heterocycles. The number of allylic oxidation sites excluding steroid dienone is 2. The Hall–Kier alpha value is -1.85. The normalized spacial score (nSPS) is 12.0. The predicted molar refractivity (Wildman–Crippen MR) is 303 cm³/mol. The summed E-state index contributed by atoms with van der Waals surface area (Å²) in [5.41, 5.74) is 0. The lowest BCUT2D eigenvalue weighted by Crippen LogP contribution is -2.30. The van der Waals surface area contributed by atoms with Crippen LogP contribution >= 0.6 is 0 Å². The molecule has 0 aromatic carbocycles. The van der Waals surface area contributed by atoms with Gasteiger partial charge < -0.3 is 14.2 Å². The minimum atomic E-state index is -0.767. The quantitative estimate of drug-likeness (QED) is 0.0261. The van der Waals surface area contributed by atoms with Crippen molar-refractivity contribution in [1.29, 1.82) is 0 Å². The Labute approximate surface area is 437 Å².